The highest BCUT2D eigenvalue weighted by Gasteiger charge is 2.13. The molecule has 1 aromatic carbocycles. The average Bonchev–Trinajstić information content (AvgIpc) is 2.42. The fourth-order valence-corrected chi connectivity index (χ4v) is 1.74. The topological polar surface area (TPSA) is 58.6 Å². The number of carbonyl (C=O) groups excluding carboxylic acids is 2. The van der Waals surface area contributed by atoms with Crippen LogP contribution in [0.3, 0.4) is 0 Å². The van der Waals surface area contributed by atoms with Gasteiger partial charge in [-0.1, -0.05) is 19.9 Å². The van der Waals surface area contributed by atoms with Crippen LogP contribution >= 0.6 is 0 Å². The zero-order chi connectivity index (χ0) is 15.1. The summed E-state index contributed by atoms with van der Waals surface area (Å²) in [7, 11) is 1.58. The molecule has 1 N–H and O–H groups in total. The second-order valence-corrected chi connectivity index (χ2v) is 4.82. The number of rotatable bonds is 6. The van der Waals surface area contributed by atoms with Gasteiger partial charge >= 0.3 is 0 Å². The van der Waals surface area contributed by atoms with E-state index in [9.17, 15) is 9.59 Å². The van der Waals surface area contributed by atoms with Gasteiger partial charge in [0.2, 0.25) is 11.8 Å². The predicted octanol–water partition coefficient (Wildman–Crippen LogP) is 1.82. The van der Waals surface area contributed by atoms with E-state index in [2.05, 4.69) is 5.32 Å². The number of nitrogens with one attached hydrogen (secondary N) is 1. The molecule has 2 amide bonds. The van der Waals surface area contributed by atoms with Crippen molar-refractivity contribution in [1.29, 1.82) is 0 Å². The van der Waals surface area contributed by atoms with Gasteiger partial charge in [-0.25, -0.2) is 0 Å². The molecule has 5 heteroatoms. The Kier molecular flexibility index (Phi) is 6.03. The number of ether oxygens (including phenoxy) is 1. The first kappa shape index (κ1) is 16.0. The lowest BCUT2D eigenvalue weighted by atomic mass is 10.2. The van der Waals surface area contributed by atoms with Gasteiger partial charge in [0.05, 0.1) is 7.11 Å². The van der Waals surface area contributed by atoms with Gasteiger partial charge in [-0.3, -0.25) is 9.59 Å². The van der Waals surface area contributed by atoms with E-state index < -0.39 is 0 Å². The molecular weight excluding hydrogens is 256 g/mol. The molecule has 0 saturated carbocycles. The summed E-state index contributed by atoms with van der Waals surface area (Å²) in [5, 5.41) is 2.80. The summed E-state index contributed by atoms with van der Waals surface area (Å²) in [6.07, 6.45) is 0. The molecule has 0 aliphatic rings. The maximum atomic E-state index is 11.7. The summed E-state index contributed by atoms with van der Waals surface area (Å²) in [6, 6.07) is 7.29. The molecule has 20 heavy (non-hydrogen) atoms. The Labute approximate surface area is 119 Å². The quantitative estimate of drug-likeness (QED) is 0.863. The van der Waals surface area contributed by atoms with Crippen LogP contribution in [0.15, 0.2) is 24.3 Å². The number of benzene rings is 1. The van der Waals surface area contributed by atoms with Crippen molar-refractivity contribution in [3.8, 4) is 5.75 Å². The minimum atomic E-state index is -0.0722. The number of methoxy groups -OCH3 is 1. The normalized spacial score (nSPS) is 10.2. The number of nitrogens with zero attached hydrogens (tertiary/aromatic N) is 1. The van der Waals surface area contributed by atoms with Crippen LogP contribution in [0.1, 0.15) is 20.8 Å². The van der Waals surface area contributed by atoms with Crippen LogP contribution in [0.5, 0.6) is 5.75 Å². The first-order valence-electron chi connectivity index (χ1n) is 6.65. The monoisotopic (exact) mass is 278 g/mol. The maximum Gasteiger partial charge on any atom is 0.223 e. The molecule has 1 aromatic rings. The van der Waals surface area contributed by atoms with Gasteiger partial charge in [0.25, 0.3) is 0 Å². The Morgan fingerprint density at radius 3 is 2.60 bits per heavy atom. The van der Waals surface area contributed by atoms with E-state index >= 15 is 0 Å². The fraction of sp³-hybridized carbons (Fsp3) is 0.467. The van der Waals surface area contributed by atoms with E-state index in [4.69, 9.17) is 4.74 Å². The lowest BCUT2D eigenvalue weighted by molar-refractivity contribution is -0.124. The zero-order valence-corrected chi connectivity index (χ0v) is 12.5. The van der Waals surface area contributed by atoms with Gasteiger partial charge < -0.3 is 15.0 Å². The third kappa shape index (κ3) is 4.57. The highest BCUT2D eigenvalue weighted by Crippen LogP contribution is 2.20. The van der Waals surface area contributed by atoms with E-state index in [1.807, 2.05) is 32.0 Å². The van der Waals surface area contributed by atoms with Crippen LogP contribution < -0.4 is 15.0 Å². The standard InChI is InChI=1S/C15H22N2O3/c1-11(2)15(19)16-8-9-17(12(3)18)13-6-5-7-14(10-13)20-4/h5-7,10-11H,8-9H2,1-4H3,(H,16,19). The Morgan fingerprint density at radius 1 is 1.35 bits per heavy atom. The van der Waals surface area contributed by atoms with Crippen LogP contribution in [0, 0.1) is 5.92 Å². The molecule has 0 saturated heterocycles. The molecule has 0 aliphatic carbocycles. The summed E-state index contributed by atoms with van der Waals surface area (Å²) >= 11 is 0. The van der Waals surface area contributed by atoms with Crippen molar-refractivity contribution in [2.75, 3.05) is 25.1 Å². The van der Waals surface area contributed by atoms with Crippen LogP contribution in [0.25, 0.3) is 0 Å². The van der Waals surface area contributed by atoms with E-state index in [0.29, 0.717) is 18.8 Å². The highest BCUT2D eigenvalue weighted by atomic mass is 16.5. The molecule has 5 nitrogen and oxygen atoms in total. The number of hydrogen-bond donors (Lipinski definition) is 1. The molecule has 0 spiro atoms. The Balaban J connectivity index is 2.69. The summed E-state index contributed by atoms with van der Waals surface area (Å²) in [4.78, 5) is 24.8. The van der Waals surface area contributed by atoms with Crippen LogP contribution in [-0.2, 0) is 9.59 Å². The molecule has 0 atom stereocenters. The van der Waals surface area contributed by atoms with E-state index in [0.717, 1.165) is 5.69 Å². The summed E-state index contributed by atoms with van der Waals surface area (Å²) in [5.74, 6) is 0.550. The molecular formula is C15H22N2O3. The lowest BCUT2D eigenvalue weighted by Gasteiger charge is -2.22. The molecule has 0 radical (unpaired) electrons. The fourth-order valence-electron chi connectivity index (χ4n) is 1.74. The third-order valence-electron chi connectivity index (χ3n) is 2.90. The van der Waals surface area contributed by atoms with Crippen molar-refractivity contribution in [1.82, 2.24) is 5.32 Å². The van der Waals surface area contributed by atoms with Gasteiger partial charge in [0, 0.05) is 37.7 Å². The summed E-state index contributed by atoms with van der Waals surface area (Å²) in [5.41, 5.74) is 0.760. The van der Waals surface area contributed by atoms with Crippen molar-refractivity contribution >= 4 is 17.5 Å². The second kappa shape index (κ2) is 7.53. The largest absolute Gasteiger partial charge is 0.497 e. The molecule has 0 aliphatic heterocycles. The molecule has 0 unspecified atom stereocenters. The van der Waals surface area contributed by atoms with E-state index in [1.54, 1.807) is 18.1 Å². The van der Waals surface area contributed by atoms with E-state index in [1.165, 1.54) is 6.92 Å². The van der Waals surface area contributed by atoms with Crippen LogP contribution in [0.4, 0.5) is 5.69 Å². The van der Waals surface area contributed by atoms with Gasteiger partial charge in [-0.05, 0) is 12.1 Å². The smallest absolute Gasteiger partial charge is 0.223 e. The molecule has 1 rings (SSSR count). The third-order valence-corrected chi connectivity index (χ3v) is 2.90. The average molecular weight is 278 g/mol. The van der Waals surface area contributed by atoms with Crippen LogP contribution in [0.2, 0.25) is 0 Å². The lowest BCUT2D eigenvalue weighted by Crippen LogP contribution is -2.38. The number of amides is 2. The Morgan fingerprint density at radius 2 is 2.05 bits per heavy atom. The molecule has 0 bridgehead atoms. The first-order valence-corrected chi connectivity index (χ1v) is 6.65. The molecule has 0 heterocycles. The van der Waals surface area contributed by atoms with Crippen molar-refractivity contribution < 1.29 is 14.3 Å². The first-order chi connectivity index (χ1) is 9.45. The SMILES string of the molecule is COc1cccc(N(CCNC(=O)C(C)C)C(C)=O)c1. The second-order valence-electron chi connectivity index (χ2n) is 4.82. The van der Waals surface area contributed by atoms with Crippen molar-refractivity contribution in [3.05, 3.63) is 24.3 Å². The Hall–Kier alpha value is -2.04. The summed E-state index contributed by atoms with van der Waals surface area (Å²) in [6.45, 7) is 6.03. The minimum absolute atomic E-state index is 0.0147. The predicted molar refractivity (Wildman–Crippen MR) is 78.9 cm³/mol. The van der Waals surface area contributed by atoms with Crippen LogP contribution in [-0.4, -0.2) is 32.0 Å². The maximum absolute atomic E-state index is 11.7. The number of carbonyl (C=O) groups is 2. The molecule has 0 fully saturated rings. The Bertz CT molecular complexity index is 472. The van der Waals surface area contributed by atoms with Gasteiger partial charge in [0.1, 0.15) is 5.75 Å². The van der Waals surface area contributed by atoms with Gasteiger partial charge in [-0.2, -0.15) is 0 Å². The van der Waals surface area contributed by atoms with E-state index in [-0.39, 0.29) is 17.7 Å². The van der Waals surface area contributed by atoms with Crippen molar-refractivity contribution in [2.24, 2.45) is 5.92 Å². The van der Waals surface area contributed by atoms with Gasteiger partial charge in [0.15, 0.2) is 0 Å². The minimum Gasteiger partial charge on any atom is -0.497 e. The zero-order valence-electron chi connectivity index (χ0n) is 12.5. The number of anilines is 1. The number of hydrogen-bond acceptors (Lipinski definition) is 3. The van der Waals surface area contributed by atoms with Crippen molar-refractivity contribution in [2.45, 2.75) is 20.8 Å². The van der Waals surface area contributed by atoms with Gasteiger partial charge in [-0.15, -0.1) is 0 Å². The molecule has 110 valence electrons. The molecule has 0 aromatic heterocycles. The summed E-state index contributed by atoms with van der Waals surface area (Å²) < 4.78 is 5.15. The highest BCUT2D eigenvalue weighted by molar-refractivity contribution is 5.91. The van der Waals surface area contributed by atoms with Crippen molar-refractivity contribution in [3.63, 3.8) is 0 Å².